The van der Waals surface area contributed by atoms with Crippen molar-refractivity contribution in [3.05, 3.63) is 111 Å². The van der Waals surface area contributed by atoms with Gasteiger partial charge in [-0.05, 0) is 11.6 Å². The number of anilines is 1. The molecule has 0 spiro atoms. The van der Waals surface area contributed by atoms with Gasteiger partial charge in [-0.25, -0.2) is 0 Å². The molecular formula is C22H20N4O4. The molecule has 1 aliphatic heterocycles. The summed E-state index contributed by atoms with van der Waals surface area (Å²) in [7, 11) is 0. The number of amides is 1. The molecule has 3 aromatic rings. The summed E-state index contributed by atoms with van der Waals surface area (Å²) in [6.07, 6.45) is 3.08. The number of hydrogen-bond donors (Lipinski definition) is 1. The van der Waals surface area contributed by atoms with E-state index in [1.165, 1.54) is 16.9 Å². The smallest absolute Gasteiger partial charge is 0.264 e. The summed E-state index contributed by atoms with van der Waals surface area (Å²) < 4.78 is 1.42. The molecule has 4 rings (SSSR count). The van der Waals surface area contributed by atoms with Crippen LogP contribution in [0.3, 0.4) is 0 Å². The van der Waals surface area contributed by atoms with Gasteiger partial charge < -0.3 is 4.90 Å². The van der Waals surface area contributed by atoms with Crippen molar-refractivity contribution in [2.24, 2.45) is 0 Å². The quantitative estimate of drug-likeness (QED) is 0.371. The lowest BCUT2D eigenvalue weighted by Gasteiger charge is -2.35. The summed E-state index contributed by atoms with van der Waals surface area (Å²) >= 11 is 0. The van der Waals surface area contributed by atoms with Gasteiger partial charge in [0.2, 0.25) is 6.54 Å². The number of benzene rings is 2. The number of hydrogen-bond acceptors (Lipinski definition) is 4. The molecule has 1 amide bonds. The number of para-hydroxylation sites is 1. The summed E-state index contributed by atoms with van der Waals surface area (Å²) in [6, 6.07) is 17.4. The lowest BCUT2D eigenvalue weighted by atomic mass is 9.75. The van der Waals surface area contributed by atoms with Gasteiger partial charge in [0.25, 0.3) is 11.5 Å². The molecule has 1 aliphatic rings. The highest BCUT2D eigenvalue weighted by Gasteiger charge is 2.59. The van der Waals surface area contributed by atoms with Crippen LogP contribution in [-0.2, 0) is 10.3 Å². The van der Waals surface area contributed by atoms with Gasteiger partial charge in [0, 0.05) is 29.3 Å². The van der Waals surface area contributed by atoms with Crippen molar-refractivity contribution in [3.63, 3.8) is 0 Å². The van der Waals surface area contributed by atoms with Gasteiger partial charge in [0.1, 0.15) is 0 Å². The first-order chi connectivity index (χ1) is 14.5. The average molecular weight is 404 g/mol. The van der Waals surface area contributed by atoms with Crippen molar-refractivity contribution in [2.45, 2.75) is 11.5 Å². The normalized spacial score (nSPS) is 18.8. The van der Waals surface area contributed by atoms with E-state index in [1.807, 2.05) is 12.1 Å². The number of nitrogens with zero attached hydrogens (tertiary/aromatic N) is 3. The second kappa shape index (κ2) is 7.47. The van der Waals surface area contributed by atoms with Crippen molar-refractivity contribution in [1.29, 1.82) is 0 Å². The fourth-order valence-electron chi connectivity index (χ4n) is 4.36. The van der Waals surface area contributed by atoms with Crippen LogP contribution in [-0.4, -0.2) is 33.7 Å². The molecule has 1 N–H and O–H groups in total. The molecule has 2 atom stereocenters. The van der Waals surface area contributed by atoms with Crippen LogP contribution >= 0.6 is 0 Å². The number of H-pyrrole nitrogens is 1. The van der Waals surface area contributed by atoms with E-state index in [1.54, 1.807) is 53.4 Å². The molecule has 2 heterocycles. The number of carbonyl (C=O) groups is 1. The van der Waals surface area contributed by atoms with E-state index in [-0.39, 0.29) is 12.5 Å². The Hall–Kier alpha value is -3.94. The molecule has 0 radical (unpaired) electrons. The Balaban J connectivity index is 2.08. The topological polar surface area (TPSA) is 101 Å². The van der Waals surface area contributed by atoms with E-state index in [4.69, 9.17) is 0 Å². The Morgan fingerprint density at radius 2 is 1.80 bits per heavy atom. The molecule has 152 valence electrons. The monoisotopic (exact) mass is 404 g/mol. The van der Waals surface area contributed by atoms with Crippen LogP contribution in [0.1, 0.15) is 17.0 Å². The Bertz CT molecular complexity index is 1170. The van der Waals surface area contributed by atoms with Crippen molar-refractivity contribution >= 4 is 11.6 Å². The Kier molecular flexibility index (Phi) is 4.83. The molecule has 0 bridgehead atoms. The molecule has 1 aromatic heterocycles. The fraction of sp³-hybridized carbons (Fsp3) is 0.182. The minimum atomic E-state index is -1.52. The van der Waals surface area contributed by atoms with E-state index in [0.717, 1.165) is 0 Å². The van der Waals surface area contributed by atoms with Gasteiger partial charge in [0.15, 0.2) is 5.54 Å². The number of nitrogens with one attached hydrogen (secondary N) is 1. The third kappa shape index (κ3) is 2.85. The number of rotatable bonds is 7. The van der Waals surface area contributed by atoms with Crippen molar-refractivity contribution in [3.8, 4) is 0 Å². The molecule has 0 fully saturated rings. The highest BCUT2D eigenvalue weighted by Crippen LogP contribution is 2.50. The van der Waals surface area contributed by atoms with Crippen molar-refractivity contribution in [2.75, 3.05) is 18.0 Å². The maximum Gasteiger partial charge on any atom is 0.264 e. The number of nitro groups is 1. The van der Waals surface area contributed by atoms with Crippen molar-refractivity contribution in [1.82, 2.24) is 9.78 Å². The molecule has 0 aliphatic carbocycles. The summed E-state index contributed by atoms with van der Waals surface area (Å²) in [6.45, 7) is 3.49. The van der Waals surface area contributed by atoms with Gasteiger partial charge in [-0.15, -0.1) is 6.58 Å². The molecular weight excluding hydrogens is 384 g/mol. The summed E-state index contributed by atoms with van der Waals surface area (Å²) in [5.74, 6) is -1.22. The van der Waals surface area contributed by atoms with Crippen LogP contribution in [0.15, 0.2) is 84.3 Å². The van der Waals surface area contributed by atoms with E-state index in [2.05, 4.69) is 11.7 Å². The Morgan fingerprint density at radius 3 is 2.43 bits per heavy atom. The van der Waals surface area contributed by atoms with E-state index in [0.29, 0.717) is 16.8 Å². The summed E-state index contributed by atoms with van der Waals surface area (Å²) in [5, 5.41) is 14.4. The molecule has 0 unspecified atom stereocenters. The first kappa shape index (κ1) is 19.4. The fourth-order valence-corrected chi connectivity index (χ4v) is 4.36. The first-order valence-corrected chi connectivity index (χ1v) is 9.47. The largest absolute Gasteiger partial charge is 0.306 e. The molecule has 8 nitrogen and oxygen atoms in total. The minimum absolute atomic E-state index is 0.239. The zero-order valence-corrected chi connectivity index (χ0v) is 16.1. The van der Waals surface area contributed by atoms with Gasteiger partial charge >= 0.3 is 0 Å². The SMILES string of the molecule is C=CCN1C(=O)[C@@]([C@@H](C[N+](=O)[O-])c2ccccc2)(n2ccc(=O)[nH]2)c2ccccc21. The Labute approximate surface area is 172 Å². The van der Waals surface area contributed by atoms with Crippen LogP contribution in [0, 0.1) is 10.1 Å². The third-order valence-corrected chi connectivity index (χ3v) is 5.51. The van der Waals surface area contributed by atoms with Gasteiger partial charge in [-0.3, -0.25) is 29.5 Å². The maximum atomic E-state index is 14.0. The second-order valence-electron chi connectivity index (χ2n) is 7.13. The number of fused-ring (bicyclic) bond motifs is 1. The first-order valence-electron chi connectivity index (χ1n) is 9.47. The zero-order valence-electron chi connectivity index (χ0n) is 16.1. The standard InChI is InChI=1S/C22H20N4O4/c1-2-13-24-19-11-7-6-10-17(19)22(21(24)28,25-14-12-20(27)23-25)18(15-26(29)30)16-8-4-3-5-9-16/h2-12,14,18H,1,13,15H2,(H,23,27)/t18-,22+/m0/s1. The van der Waals surface area contributed by atoms with E-state index >= 15 is 0 Å². The van der Waals surface area contributed by atoms with Crippen molar-refractivity contribution < 1.29 is 9.72 Å². The molecule has 30 heavy (non-hydrogen) atoms. The van der Waals surface area contributed by atoms with Gasteiger partial charge in [-0.2, -0.15) is 0 Å². The number of aromatic nitrogens is 2. The van der Waals surface area contributed by atoms with E-state index < -0.39 is 28.5 Å². The minimum Gasteiger partial charge on any atom is -0.306 e. The average Bonchev–Trinajstić information content (AvgIpc) is 3.28. The highest BCUT2D eigenvalue weighted by atomic mass is 16.6. The zero-order chi connectivity index (χ0) is 21.3. The third-order valence-electron chi connectivity index (χ3n) is 5.51. The summed E-state index contributed by atoms with van der Waals surface area (Å²) in [5.41, 5.74) is -0.0424. The molecule has 0 saturated heterocycles. The predicted molar refractivity (Wildman–Crippen MR) is 112 cm³/mol. The van der Waals surface area contributed by atoms with Crippen LogP contribution < -0.4 is 10.5 Å². The van der Waals surface area contributed by atoms with Crippen LogP contribution in [0.2, 0.25) is 0 Å². The van der Waals surface area contributed by atoms with Crippen LogP contribution in [0.5, 0.6) is 0 Å². The lowest BCUT2D eigenvalue weighted by Crippen LogP contribution is -2.52. The highest BCUT2D eigenvalue weighted by molar-refractivity contribution is 6.09. The molecule has 2 aromatic carbocycles. The van der Waals surface area contributed by atoms with Gasteiger partial charge in [-0.1, -0.05) is 54.6 Å². The molecule has 0 saturated carbocycles. The predicted octanol–water partition coefficient (Wildman–Crippen LogP) is 2.51. The van der Waals surface area contributed by atoms with Crippen LogP contribution in [0.25, 0.3) is 0 Å². The maximum absolute atomic E-state index is 14.0. The number of aromatic amines is 1. The molecule has 8 heteroatoms. The summed E-state index contributed by atoms with van der Waals surface area (Å²) in [4.78, 5) is 38.9. The second-order valence-corrected chi connectivity index (χ2v) is 7.13. The Morgan fingerprint density at radius 1 is 1.10 bits per heavy atom. The lowest BCUT2D eigenvalue weighted by molar-refractivity contribution is -0.485. The number of carbonyl (C=O) groups excluding carboxylic acids is 1. The van der Waals surface area contributed by atoms with E-state index in [9.17, 15) is 19.7 Å². The van der Waals surface area contributed by atoms with Gasteiger partial charge in [0.05, 0.1) is 11.6 Å². The van der Waals surface area contributed by atoms with Crippen LogP contribution in [0.4, 0.5) is 5.69 Å².